The van der Waals surface area contributed by atoms with Crippen molar-refractivity contribution in [3.05, 3.63) is 53.3 Å². The molecule has 1 aliphatic heterocycles. The standard InChI is InChI=1S/C17H18O3/c1-11(2)17(19)9-13-8-15(18)20-16(13)14(10-17)12-6-4-3-5-7-12/h3-8,11,19H,9-10H2,1-2H3. The molecule has 1 aromatic rings. The van der Waals surface area contributed by atoms with Crippen molar-refractivity contribution >= 4 is 11.5 Å². The second-order valence-corrected chi connectivity index (χ2v) is 5.88. The van der Waals surface area contributed by atoms with E-state index in [1.54, 1.807) is 0 Å². The van der Waals surface area contributed by atoms with Gasteiger partial charge in [-0.25, -0.2) is 4.79 Å². The topological polar surface area (TPSA) is 46.5 Å². The number of hydrogen-bond acceptors (Lipinski definition) is 3. The first-order chi connectivity index (χ1) is 9.49. The molecule has 1 aromatic carbocycles. The third kappa shape index (κ3) is 2.08. The van der Waals surface area contributed by atoms with Crippen LogP contribution in [0, 0.1) is 5.92 Å². The highest BCUT2D eigenvalue weighted by Crippen LogP contribution is 2.46. The van der Waals surface area contributed by atoms with Gasteiger partial charge in [-0.15, -0.1) is 0 Å². The van der Waals surface area contributed by atoms with Gasteiger partial charge >= 0.3 is 5.97 Å². The molecule has 1 atom stereocenters. The molecule has 3 nitrogen and oxygen atoms in total. The largest absolute Gasteiger partial charge is 0.423 e. The smallest absolute Gasteiger partial charge is 0.336 e. The molecule has 104 valence electrons. The molecule has 20 heavy (non-hydrogen) atoms. The number of hydrogen-bond donors (Lipinski definition) is 1. The summed E-state index contributed by atoms with van der Waals surface area (Å²) in [5.41, 5.74) is 1.91. The summed E-state index contributed by atoms with van der Waals surface area (Å²) < 4.78 is 5.34. The molecule has 1 unspecified atom stereocenters. The summed E-state index contributed by atoms with van der Waals surface area (Å²) in [6.07, 6.45) is 2.49. The van der Waals surface area contributed by atoms with Crippen molar-refractivity contribution in [1.82, 2.24) is 0 Å². The van der Waals surface area contributed by atoms with Crippen LogP contribution in [0.15, 0.2) is 47.7 Å². The molecule has 1 aliphatic carbocycles. The molecule has 0 saturated heterocycles. The van der Waals surface area contributed by atoms with Gasteiger partial charge in [0.2, 0.25) is 0 Å². The Balaban J connectivity index is 2.12. The fourth-order valence-electron chi connectivity index (χ4n) is 2.85. The average Bonchev–Trinajstić information content (AvgIpc) is 2.78. The number of fused-ring (bicyclic) bond motifs is 1. The number of benzene rings is 1. The van der Waals surface area contributed by atoms with E-state index in [4.69, 9.17) is 4.74 Å². The van der Waals surface area contributed by atoms with E-state index in [0.29, 0.717) is 18.6 Å². The summed E-state index contributed by atoms with van der Waals surface area (Å²) in [6, 6.07) is 9.82. The zero-order chi connectivity index (χ0) is 14.3. The van der Waals surface area contributed by atoms with E-state index in [9.17, 15) is 9.90 Å². The number of aliphatic hydroxyl groups is 1. The Labute approximate surface area is 118 Å². The molecule has 0 bridgehead atoms. The van der Waals surface area contributed by atoms with Gasteiger partial charge in [-0.1, -0.05) is 44.2 Å². The van der Waals surface area contributed by atoms with Crippen molar-refractivity contribution < 1.29 is 14.6 Å². The number of ether oxygens (including phenoxy) is 1. The lowest BCUT2D eigenvalue weighted by atomic mass is 9.73. The van der Waals surface area contributed by atoms with Gasteiger partial charge in [-0.2, -0.15) is 0 Å². The number of esters is 1. The summed E-state index contributed by atoms with van der Waals surface area (Å²) in [4.78, 5) is 11.6. The van der Waals surface area contributed by atoms with Gasteiger partial charge in [0, 0.05) is 30.1 Å². The second-order valence-electron chi connectivity index (χ2n) is 5.88. The zero-order valence-electron chi connectivity index (χ0n) is 11.7. The predicted octanol–water partition coefficient (Wildman–Crippen LogP) is 3.06. The molecule has 0 spiro atoms. The maximum atomic E-state index is 11.6. The molecule has 1 N–H and O–H groups in total. The van der Waals surface area contributed by atoms with Gasteiger partial charge in [0.05, 0.1) is 5.60 Å². The molecule has 0 radical (unpaired) electrons. The molecule has 2 aliphatic rings. The zero-order valence-corrected chi connectivity index (χ0v) is 11.7. The molecule has 1 heterocycles. The van der Waals surface area contributed by atoms with Crippen LogP contribution in [0.25, 0.3) is 5.57 Å². The van der Waals surface area contributed by atoms with Crippen molar-refractivity contribution in [2.45, 2.75) is 32.3 Å². The van der Waals surface area contributed by atoms with Crippen LogP contribution >= 0.6 is 0 Å². The Kier molecular flexibility index (Phi) is 3.02. The third-order valence-electron chi connectivity index (χ3n) is 4.24. The molecule has 0 saturated carbocycles. The van der Waals surface area contributed by atoms with Crippen LogP contribution in [0.1, 0.15) is 32.3 Å². The van der Waals surface area contributed by atoms with Crippen molar-refractivity contribution in [2.24, 2.45) is 5.92 Å². The second kappa shape index (κ2) is 4.60. The van der Waals surface area contributed by atoms with E-state index in [2.05, 4.69) is 0 Å². The first-order valence-electron chi connectivity index (χ1n) is 6.93. The lowest BCUT2D eigenvalue weighted by Gasteiger charge is -2.37. The molecular weight excluding hydrogens is 252 g/mol. The van der Waals surface area contributed by atoms with Crippen molar-refractivity contribution in [1.29, 1.82) is 0 Å². The van der Waals surface area contributed by atoms with E-state index < -0.39 is 5.60 Å². The van der Waals surface area contributed by atoms with E-state index >= 15 is 0 Å². The summed E-state index contributed by atoms with van der Waals surface area (Å²) >= 11 is 0. The number of carbonyl (C=O) groups is 1. The number of allylic oxidation sites excluding steroid dienone is 1. The normalized spacial score (nSPS) is 25.6. The third-order valence-corrected chi connectivity index (χ3v) is 4.24. The lowest BCUT2D eigenvalue weighted by Crippen LogP contribution is -2.38. The van der Waals surface area contributed by atoms with E-state index in [1.807, 2.05) is 44.2 Å². The average molecular weight is 270 g/mol. The van der Waals surface area contributed by atoms with Crippen LogP contribution < -0.4 is 0 Å². The van der Waals surface area contributed by atoms with Gasteiger partial charge in [0.1, 0.15) is 5.76 Å². The van der Waals surface area contributed by atoms with Crippen LogP contribution in [-0.2, 0) is 9.53 Å². The van der Waals surface area contributed by atoms with Gasteiger partial charge < -0.3 is 9.84 Å². The summed E-state index contributed by atoms with van der Waals surface area (Å²) in [5.74, 6) is 0.419. The Morgan fingerprint density at radius 3 is 2.55 bits per heavy atom. The van der Waals surface area contributed by atoms with Crippen LogP contribution in [0.2, 0.25) is 0 Å². The van der Waals surface area contributed by atoms with E-state index in [-0.39, 0.29) is 11.9 Å². The Morgan fingerprint density at radius 2 is 1.90 bits per heavy atom. The predicted molar refractivity (Wildman–Crippen MR) is 76.6 cm³/mol. The summed E-state index contributed by atoms with van der Waals surface area (Å²) in [6.45, 7) is 4.01. The highest BCUT2D eigenvalue weighted by atomic mass is 16.5. The molecule has 0 aromatic heterocycles. The molecule has 0 amide bonds. The fraction of sp³-hybridized carbons (Fsp3) is 0.353. The van der Waals surface area contributed by atoms with Crippen LogP contribution in [-0.4, -0.2) is 16.7 Å². The number of carbonyl (C=O) groups excluding carboxylic acids is 1. The minimum atomic E-state index is -0.825. The molecule has 3 heteroatoms. The number of rotatable bonds is 2. The SMILES string of the molecule is CC(C)C1(O)CC2=CC(=O)OC2=C(c2ccccc2)C1. The maximum absolute atomic E-state index is 11.6. The summed E-state index contributed by atoms with van der Waals surface area (Å²) in [5, 5.41) is 10.9. The van der Waals surface area contributed by atoms with Gasteiger partial charge in [-0.3, -0.25) is 0 Å². The molecule has 0 fully saturated rings. The quantitative estimate of drug-likeness (QED) is 0.840. The minimum absolute atomic E-state index is 0.111. The van der Waals surface area contributed by atoms with E-state index in [0.717, 1.165) is 16.7 Å². The molecule has 3 rings (SSSR count). The van der Waals surface area contributed by atoms with Gasteiger partial charge in [-0.05, 0) is 11.5 Å². The van der Waals surface area contributed by atoms with Crippen LogP contribution in [0.4, 0.5) is 0 Å². The Bertz CT molecular complexity index is 610. The fourth-order valence-corrected chi connectivity index (χ4v) is 2.85. The first kappa shape index (κ1) is 13.1. The highest BCUT2D eigenvalue weighted by molar-refractivity contribution is 5.92. The van der Waals surface area contributed by atoms with Crippen LogP contribution in [0.3, 0.4) is 0 Å². The Morgan fingerprint density at radius 1 is 1.20 bits per heavy atom. The monoisotopic (exact) mass is 270 g/mol. The van der Waals surface area contributed by atoms with Crippen molar-refractivity contribution in [3.8, 4) is 0 Å². The Hall–Kier alpha value is -1.87. The van der Waals surface area contributed by atoms with Crippen molar-refractivity contribution in [2.75, 3.05) is 0 Å². The van der Waals surface area contributed by atoms with E-state index in [1.165, 1.54) is 6.08 Å². The lowest BCUT2D eigenvalue weighted by molar-refractivity contribution is -0.132. The van der Waals surface area contributed by atoms with Gasteiger partial charge in [0.25, 0.3) is 0 Å². The maximum Gasteiger partial charge on any atom is 0.336 e. The minimum Gasteiger partial charge on any atom is -0.423 e. The van der Waals surface area contributed by atoms with Crippen molar-refractivity contribution in [3.63, 3.8) is 0 Å². The van der Waals surface area contributed by atoms with Gasteiger partial charge in [0.15, 0.2) is 0 Å². The molecular formula is C17H18O3. The van der Waals surface area contributed by atoms with Crippen LogP contribution in [0.5, 0.6) is 0 Å². The highest BCUT2D eigenvalue weighted by Gasteiger charge is 2.42. The first-order valence-corrected chi connectivity index (χ1v) is 6.93. The summed E-state index contributed by atoms with van der Waals surface area (Å²) in [7, 11) is 0.